The molecule has 0 aromatic carbocycles. The average molecular weight is 262 g/mol. The molecule has 18 heavy (non-hydrogen) atoms. The van der Waals surface area contributed by atoms with Crippen molar-refractivity contribution in [1.29, 1.82) is 0 Å². The van der Waals surface area contributed by atoms with Crippen LogP contribution in [-0.4, -0.2) is 59.2 Å². The molecule has 0 heterocycles. The van der Waals surface area contributed by atoms with E-state index in [-0.39, 0.29) is 19.1 Å². The van der Waals surface area contributed by atoms with Crippen molar-refractivity contribution in [2.24, 2.45) is 0 Å². The van der Waals surface area contributed by atoms with Crippen LogP contribution in [0, 0.1) is 0 Å². The highest BCUT2D eigenvalue weighted by molar-refractivity contribution is 5.71. The molecule has 0 aliphatic rings. The Labute approximate surface area is 108 Å². The summed E-state index contributed by atoms with van der Waals surface area (Å²) in [5.41, 5.74) is 0. The van der Waals surface area contributed by atoms with Gasteiger partial charge in [-0.05, 0) is 46.2 Å². The zero-order valence-electron chi connectivity index (χ0n) is 11.2. The molecular formula is C12H26N2O4. The normalized spacial score (nSPS) is 16.2. The lowest BCUT2D eigenvalue weighted by Gasteiger charge is -2.17. The SMILES string of the molecule is C[C@H](CCO)NCC[C@@H](C)NCC[C@H](O)C(=O)O. The van der Waals surface area contributed by atoms with E-state index in [0.717, 1.165) is 19.4 Å². The summed E-state index contributed by atoms with van der Waals surface area (Å²) in [4.78, 5) is 10.4. The molecular weight excluding hydrogens is 236 g/mol. The number of carboxylic acids is 1. The molecule has 0 aliphatic carbocycles. The van der Waals surface area contributed by atoms with Crippen molar-refractivity contribution in [3.63, 3.8) is 0 Å². The topological polar surface area (TPSA) is 102 Å². The summed E-state index contributed by atoms with van der Waals surface area (Å²) in [5, 5.41) is 32.7. The Kier molecular flexibility index (Phi) is 9.86. The van der Waals surface area contributed by atoms with E-state index in [2.05, 4.69) is 10.6 Å². The van der Waals surface area contributed by atoms with Crippen LogP contribution < -0.4 is 10.6 Å². The van der Waals surface area contributed by atoms with Crippen LogP contribution in [0.5, 0.6) is 0 Å². The van der Waals surface area contributed by atoms with Gasteiger partial charge in [-0.3, -0.25) is 0 Å². The summed E-state index contributed by atoms with van der Waals surface area (Å²) in [7, 11) is 0. The fourth-order valence-electron chi connectivity index (χ4n) is 1.53. The van der Waals surface area contributed by atoms with Crippen LogP contribution in [0.25, 0.3) is 0 Å². The molecule has 108 valence electrons. The van der Waals surface area contributed by atoms with Gasteiger partial charge >= 0.3 is 5.97 Å². The Bertz CT molecular complexity index is 226. The molecule has 0 aliphatic heterocycles. The lowest BCUT2D eigenvalue weighted by molar-refractivity contribution is -0.146. The number of aliphatic hydroxyl groups is 2. The van der Waals surface area contributed by atoms with Gasteiger partial charge in [0.1, 0.15) is 0 Å². The summed E-state index contributed by atoms with van der Waals surface area (Å²) in [6.45, 7) is 5.57. The highest BCUT2D eigenvalue weighted by Gasteiger charge is 2.12. The van der Waals surface area contributed by atoms with Crippen LogP contribution in [0.1, 0.15) is 33.1 Å². The minimum Gasteiger partial charge on any atom is -0.479 e. The predicted molar refractivity (Wildman–Crippen MR) is 69.5 cm³/mol. The summed E-state index contributed by atoms with van der Waals surface area (Å²) in [6, 6.07) is 0.566. The monoisotopic (exact) mass is 262 g/mol. The van der Waals surface area contributed by atoms with E-state index in [9.17, 15) is 4.79 Å². The van der Waals surface area contributed by atoms with Crippen molar-refractivity contribution in [2.75, 3.05) is 19.7 Å². The van der Waals surface area contributed by atoms with Crippen LogP contribution in [0.2, 0.25) is 0 Å². The van der Waals surface area contributed by atoms with Gasteiger partial charge in [0, 0.05) is 18.7 Å². The first-order valence-corrected chi connectivity index (χ1v) is 6.45. The Hall–Kier alpha value is -0.690. The largest absolute Gasteiger partial charge is 0.479 e. The first kappa shape index (κ1) is 17.3. The summed E-state index contributed by atoms with van der Waals surface area (Å²) in [5.74, 6) is -1.18. The van der Waals surface area contributed by atoms with Gasteiger partial charge in [-0.15, -0.1) is 0 Å². The highest BCUT2D eigenvalue weighted by Crippen LogP contribution is 1.95. The van der Waals surface area contributed by atoms with Crippen LogP contribution in [0.15, 0.2) is 0 Å². The Morgan fingerprint density at radius 3 is 2.06 bits per heavy atom. The molecule has 0 bridgehead atoms. The van der Waals surface area contributed by atoms with Crippen molar-refractivity contribution in [1.82, 2.24) is 10.6 Å². The summed E-state index contributed by atoms with van der Waals surface area (Å²) >= 11 is 0. The summed E-state index contributed by atoms with van der Waals surface area (Å²) < 4.78 is 0. The molecule has 6 nitrogen and oxygen atoms in total. The van der Waals surface area contributed by atoms with E-state index >= 15 is 0 Å². The second-order valence-corrected chi connectivity index (χ2v) is 4.65. The number of hydrogen-bond acceptors (Lipinski definition) is 5. The number of aliphatic carboxylic acids is 1. The number of carbonyl (C=O) groups is 1. The van der Waals surface area contributed by atoms with Crippen LogP contribution in [0.4, 0.5) is 0 Å². The maximum atomic E-state index is 10.4. The minimum atomic E-state index is -1.28. The summed E-state index contributed by atoms with van der Waals surface area (Å²) in [6.07, 6.45) is 0.590. The predicted octanol–water partition coefficient (Wildman–Crippen LogP) is -0.449. The molecule has 0 aromatic rings. The van der Waals surface area contributed by atoms with Gasteiger partial charge in [-0.25, -0.2) is 4.79 Å². The van der Waals surface area contributed by atoms with Gasteiger partial charge in [-0.2, -0.15) is 0 Å². The van der Waals surface area contributed by atoms with Crippen molar-refractivity contribution in [3.8, 4) is 0 Å². The number of carboxylic acid groups (broad SMARTS) is 1. The quantitative estimate of drug-likeness (QED) is 0.346. The fraction of sp³-hybridized carbons (Fsp3) is 0.917. The molecule has 0 radical (unpaired) electrons. The Morgan fingerprint density at radius 1 is 1.06 bits per heavy atom. The van der Waals surface area contributed by atoms with E-state index in [1.165, 1.54) is 0 Å². The van der Waals surface area contributed by atoms with Crippen molar-refractivity contribution in [2.45, 2.75) is 51.3 Å². The smallest absolute Gasteiger partial charge is 0.332 e. The third-order valence-corrected chi connectivity index (χ3v) is 2.83. The zero-order chi connectivity index (χ0) is 14.0. The second kappa shape index (κ2) is 10.3. The maximum Gasteiger partial charge on any atom is 0.332 e. The molecule has 0 fully saturated rings. The van der Waals surface area contributed by atoms with E-state index in [1.807, 2.05) is 13.8 Å². The molecule has 0 rings (SSSR count). The standard InChI is InChI=1S/C12H26N2O4/c1-9(3-6-13-10(2)5-8-15)14-7-4-11(16)12(17)18/h9-11,13-16H,3-8H2,1-2H3,(H,17,18)/t9-,10-,11+/m1/s1. The zero-order valence-corrected chi connectivity index (χ0v) is 11.2. The van der Waals surface area contributed by atoms with Gasteiger partial charge in [0.25, 0.3) is 0 Å². The van der Waals surface area contributed by atoms with E-state index in [0.29, 0.717) is 12.6 Å². The molecule has 5 N–H and O–H groups in total. The number of nitrogens with one attached hydrogen (secondary N) is 2. The van der Waals surface area contributed by atoms with Crippen LogP contribution >= 0.6 is 0 Å². The highest BCUT2D eigenvalue weighted by atomic mass is 16.4. The molecule has 0 unspecified atom stereocenters. The minimum absolute atomic E-state index is 0.190. The first-order chi connectivity index (χ1) is 8.47. The molecule has 0 saturated heterocycles. The van der Waals surface area contributed by atoms with Gasteiger partial charge in [-0.1, -0.05) is 0 Å². The first-order valence-electron chi connectivity index (χ1n) is 6.45. The lowest BCUT2D eigenvalue weighted by atomic mass is 10.2. The van der Waals surface area contributed by atoms with E-state index < -0.39 is 12.1 Å². The molecule has 3 atom stereocenters. The van der Waals surface area contributed by atoms with Crippen molar-refractivity contribution < 1.29 is 20.1 Å². The third kappa shape index (κ3) is 9.35. The Morgan fingerprint density at radius 2 is 1.56 bits per heavy atom. The molecule has 0 aromatic heterocycles. The second-order valence-electron chi connectivity index (χ2n) is 4.65. The molecule has 0 saturated carbocycles. The van der Waals surface area contributed by atoms with Gasteiger partial charge in [0.15, 0.2) is 6.10 Å². The van der Waals surface area contributed by atoms with E-state index in [4.69, 9.17) is 15.3 Å². The third-order valence-electron chi connectivity index (χ3n) is 2.83. The fourth-order valence-corrected chi connectivity index (χ4v) is 1.53. The molecule has 0 spiro atoms. The number of aliphatic hydroxyl groups excluding tert-OH is 2. The maximum absolute atomic E-state index is 10.4. The van der Waals surface area contributed by atoms with Crippen molar-refractivity contribution >= 4 is 5.97 Å². The van der Waals surface area contributed by atoms with Crippen molar-refractivity contribution in [3.05, 3.63) is 0 Å². The molecule has 0 amide bonds. The van der Waals surface area contributed by atoms with Gasteiger partial charge < -0.3 is 26.0 Å². The number of rotatable bonds is 11. The van der Waals surface area contributed by atoms with E-state index in [1.54, 1.807) is 0 Å². The average Bonchev–Trinajstić information content (AvgIpc) is 2.29. The van der Waals surface area contributed by atoms with Gasteiger partial charge in [0.05, 0.1) is 0 Å². The van der Waals surface area contributed by atoms with Crippen LogP contribution in [-0.2, 0) is 4.79 Å². The van der Waals surface area contributed by atoms with Crippen LogP contribution in [0.3, 0.4) is 0 Å². The molecule has 6 heteroatoms. The lowest BCUT2D eigenvalue weighted by Crippen LogP contribution is -2.35. The number of hydrogen-bond donors (Lipinski definition) is 5. The van der Waals surface area contributed by atoms with Gasteiger partial charge in [0.2, 0.25) is 0 Å². The Balaban J connectivity index is 3.48.